The molecule has 2 amide bonds. The number of carbonyl (C=O) groups excluding carboxylic acids is 2. The quantitative estimate of drug-likeness (QED) is 0.594. The lowest BCUT2D eigenvalue weighted by Gasteiger charge is -2.14. The van der Waals surface area contributed by atoms with Crippen LogP contribution in [0.4, 0.5) is 0 Å². The lowest BCUT2D eigenvalue weighted by Crippen LogP contribution is -2.40. The van der Waals surface area contributed by atoms with E-state index in [0.29, 0.717) is 12.2 Å². The van der Waals surface area contributed by atoms with E-state index in [1.54, 1.807) is 12.1 Å². The van der Waals surface area contributed by atoms with Crippen molar-refractivity contribution in [1.29, 1.82) is 0 Å². The average molecular weight is 352 g/mol. The maximum Gasteiger partial charge on any atom is 0.309 e. The maximum atomic E-state index is 11.8. The normalized spacial score (nSPS) is 11.9. The molecule has 3 aromatic rings. The molecule has 2 aromatic carbocycles. The minimum absolute atomic E-state index is 0.151. The molecule has 0 unspecified atom stereocenters. The molecule has 0 aliphatic carbocycles. The predicted octanol–water partition coefficient (Wildman–Crippen LogP) is 2.29. The van der Waals surface area contributed by atoms with Crippen molar-refractivity contribution >= 4 is 22.6 Å². The maximum absolute atomic E-state index is 11.8. The van der Waals surface area contributed by atoms with Gasteiger partial charge in [0.05, 0.1) is 18.9 Å². The molecule has 0 aliphatic rings. The minimum Gasteiger partial charge on any atom is -0.467 e. The summed E-state index contributed by atoms with van der Waals surface area (Å²) in [4.78, 5) is 23.5. The molecule has 0 saturated heterocycles. The van der Waals surface area contributed by atoms with Crippen LogP contribution in [-0.2, 0) is 16.1 Å². The van der Waals surface area contributed by atoms with Gasteiger partial charge in [0.25, 0.3) is 0 Å². The summed E-state index contributed by atoms with van der Waals surface area (Å²) in [7, 11) is 0. The SMILES string of the molecule is O=C(NCC[C@@H](O)c1cccc2ccccc12)C(=O)NCc1ccco1. The van der Waals surface area contributed by atoms with E-state index in [-0.39, 0.29) is 13.1 Å². The Labute approximate surface area is 150 Å². The van der Waals surface area contributed by atoms with Gasteiger partial charge < -0.3 is 20.2 Å². The van der Waals surface area contributed by atoms with Gasteiger partial charge in [-0.3, -0.25) is 9.59 Å². The number of aliphatic hydroxyl groups is 1. The Kier molecular flexibility index (Phi) is 5.66. The summed E-state index contributed by atoms with van der Waals surface area (Å²) in [6.45, 7) is 0.343. The van der Waals surface area contributed by atoms with Gasteiger partial charge in [0.15, 0.2) is 0 Å². The monoisotopic (exact) mass is 352 g/mol. The van der Waals surface area contributed by atoms with Crippen molar-refractivity contribution in [2.75, 3.05) is 6.54 Å². The third-order valence-electron chi connectivity index (χ3n) is 4.10. The van der Waals surface area contributed by atoms with Gasteiger partial charge in [-0.05, 0) is 34.9 Å². The van der Waals surface area contributed by atoms with Crippen LogP contribution in [0.3, 0.4) is 0 Å². The molecule has 6 nitrogen and oxygen atoms in total. The molecular formula is C20H20N2O4. The molecule has 0 bridgehead atoms. The predicted molar refractivity (Wildman–Crippen MR) is 97.1 cm³/mol. The highest BCUT2D eigenvalue weighted by atomic mass is 16.3. The molecule has 0 saturated carbocycles. The zero-order chi connectivity index (χ0) is 18.4. The van der Waals surface area contributed by atoms with E-state index in [2.05, 4.69) is 10.6 Å². The first-order valence-electron chi connectivity index (χ1n) is 8.39. The van der Waals surface area contributed by atoms with Crippen LogP contribution >= 0.6 is 0 Å². The molecule has 3 rings (SSSR count). The van der Waals surface area contributed by atoms with Crippen molar-refractivity contribution in [1.82, 2.24) is 10.6 Å². The number of nitrogens with one attached hydrogen (secondary N) is 2. The highest BCUT2D eigenvalue weighted by Crippen LogP contribution is 2.25. The number of amides is 2. The van der Waals surface area contributed by atoms with Gasteiger partial charge in [-0.25, -0.2) is 0 Å². The molecule has 3 N–H and O–H groups in total. The first kappa shape index (κ1) is 17.7. The van der Waals surface area contributed by atoms with Gasteiger partial charge in [-0.1, -0.05) is 42.5 Å². The molecule has 1 aromatic heterocycles. The molecule has 0 fully saturated rings. The highest BCUT2D eigenvalue weighted by Gasteiger charge is 2.15. The van der Waals surface area contributed by atoms with Crippen LogP contribution in [0.15, 0.2) is 65.3 Å². The van der Waals surface area contributed by atoms with Crippen molar-refractivity contribution in [3.8, 4) is 0 Å². The number of rotatable bonds is 6. The summed E-state index contributed by atoms with van der Waals surface area (Å²) < 4.78 is 5.08. The molecule has 134 valence electrons. The van der Waals surface area contributed by atoms with Crippen molar-refractivity contribution in [2.24, 2.45) is 0 Å². The zero-order valence-electron chi connectivity index (χ0n) is 14.1. The van der Waals surface area contributed by atoms with Crippen LogP contribution in [0.25, 0.3) is 10.8 Å². The summed E-state index contributed by atoms with van der Waals surface area (Å²) in [5, 5.41) is 17.4. The second-order valence-electron chi connectivity index (χ2n) is 5.89. The van der Waals surface area contributed by atoms with E-state index in [1.165, 1.54) is 6.26 Å². The average Bonchev–Trinajstić information content (AvgIpc) is 3.19. The van der Waals surface area contributed by atoms with E-state index in [1.807, 2.05) is 42.5 Å². The lowest BCUT2D eigenvalue weighted by molar-refractivity contribution is -0.139. The first-order valence-corrected chi connectivity index (χ1v) is 8.39. The van der Waals surface area contributed by atoms with Gasteiger partial charge in [-0.15, -0.1) is 0 Å². The topological polar surface area (TPSA) is 91.6 Å². The Morgan fingerprint density at radius 3 is 2.54 bits per heavy atom. The Balaban J connectivity index is 1.49. The van der Waals surface area contributed by atoms with Crippen molar-refractivity contribution in [3.63, 3.8) is 0 Å². The Morgan fingerprint density at radius 1 is 0.962 bits per heavy atom. The van der Waals surface area contributed by atoms with Gasteiger partial charge in [0.1, 0.15) is 5.76 Å². The summed E-state index contributed by atoms with van der Waals surface area (Å²) in [6, 6.07) is 17.0. The number of aliphatic hydroxyl groups excluding tert-OH is 1. The first-order chi connectivity index (χ1) is 12.6. The van der Waals surface area contributed by atoms with E-state index in [4.69, 9.17) is 4.42 Å². The fourth-order valence-corrected chi connectivity index (χ4v) is 2.76. The Hall–Kier alpha value is -3.12. The van der Waals surface area contributed by atoms with E-state index in [0.717, 1.165) is 16.3 Å². The number of hydrogen-bond donors (Lipinski definition) is 3. The van der Waals surface area contributed by atoms with E-state index < -0.39 is 17.9 Å². The third kappa shape index (κ3) is 4.29. The summed E-state index contributed by atoms with van der Waals surface area (Å²) >= 11 is 0. The zero-order valence-corrected chi connectivity index (χ0v) is 14.1. The largest absolute Gasteiger partial charge is 0.467 e. The molecule has 6 heteroatoms. The fraction of sp³-hybridized carbons (Fsp3) is 0.200. The summed E-state index contributed by atoms with van der Waals surface area (Å²) in [6.07, 6.45) is 1.08. The molecule has 1 heterocycles. The number of hydrogen-bond acceptors (Lipinski definition) is 4. The fourth-order valence-electron chi connectivity index (χ4n) is 2.76. The lowest BCUT2D eigenvalue weighted by atomic mass is 9.99. The number of fused-ring (bicyclic) bond motifs is 1. The number of carbonyl (C=O) groups is 2. The standard InChI is InChI=1S/C20H20N2O4/c23-18(17-9-3-6-14-5-1-2-8-16(14)17)10-11-21-19(24)20(25)22-13-15-7-4-12-26-15/h1-9,12,18,23H,10-11,13H2,(H,21,24)(H,22,25)/t18-/m1/s1. The van der Waals surface area contributed by atoms with E-state index >= 15 is 0 Å². The number of benzene rings is 2. The number of furan rings is 1. The third-order valence-corrected chi connectivity index (χ3v) is 4.10. The molecule has 0 aliphatic heterocycles. The molecule has 0 radical (unpaired) electrons. The van der Waals surface area contributed by atoms with Crippen molar-refractivity contribution in [3.05, 3.63) is 72.2 Å². The molecule has 26 heavy (non-hydrogen) atoms. The van der Waals surface area contributed by atoms with Crippen molar-refractivity contribution in [2.45, 2.75) is 19.1 Å². The smallest absolute Gasteiger partial charge is 0.309 e. The Bertz CT molecular complexity index is 884. The van der Waals surface area contributed by atoms with Gasteiger partial charge >= 0.3 is 11.8 Å². The molecular weight excluding hydrogens is 332 g/mol. The highest BCUT2D eigenvalue weighted by molar-refractivity contribution is 6.35. The molecule has 0 spiro atoms. The van der Waals surface area contributed by atoms with Crippen LogP contribution in [0.5, 0.6) is 0 Å². The second kappa shape index (κ2) is 8.31. The van der Waals surface area contributed by atoms with Crippen LogP contribution < -0.4 is 10.6 Å². The second-order valence-corrected chi connectivity index (χ2v) is 5.89. The minimum atomic E-state index is -0.735. The van der Waals surface area contributed by atoms with E-state index in [9.17, 15) is 14.7 Å². The van der Waals surface area contributed by atoms with Gasteiger partial charge in [0, 0.05) is 6.54 Å². The van der Waals surface area contributed by atoms with Crippen LogP contribution in [-0.4, -0.2) is 23.5 Å². The summed E-state index contributed by atoms with van der Waals surface area (Å²) in [5.41, 5.74) is 0.805. The van der Waals surface area contributed by atoms with Crippen LogP contribution in [0.1, 0.15) is 23.8 Å². The Morgan fingerprint density at radius 2 is 1.73 bits per heavy atom. The van der Waals surface area contributed by atoms with Crippen molar-refractivity contribution < 1.29 is 19.1 Å². The molecule has 1 atom stereocenters. The van der Waals surface area contributed by atoms with Gasteiger partial charge in [0.2, 0.25) is 0 Å². The van der Waals surface area contributed by atoms with Crippen LogP contribution in [0.2, 0.25) is 0 Å². The van der Waals surface area contributed by atoms with Gasteiger partial charge in [-0.2, -0.15) is 0 Å². The summed E-state index contributed by atoms with van der Waals surface area (Å²) in [5.74, 6) is -0.903. The van der Waals surface area contributed by atoms with Crippen LogP contribution in [0, 0.1) is 0 Å².